The van der Waals surface area contributed by atoms with Gasteiger partial charge in [-0.15, -0.1) is 0 Å². The maximum Gasteiger partial charge on any atom is 0.322 e. The van der Waals surface area contributed by atoms with Gasteiger partial charge in [0, 0.05) is 25.9 Å². The molecule has 7 nitrogen and oxygen atoms in total. The summed E-state index contributed by atoms with van der Waals surface area (Å²) in [5.74, 6) is -0.182. The Morgan fingerprint density at radius 2 is 0.708 bits per heavy atom. The van der Waals surface area contributed by atoms with Crippen molar-refractivity contribution in [3.63, 3.8) is 0 Å². The number of hydrogen-bond donors (Lipinski definition) is 4. The van der Waals surface area contributed by atoms with Crippen LogP contribution in [0.4, 0.5) is 0 Å². The third-order valence-corrected chi connectivity index (χ3v) is 10.2. The second kappa shape index (κ2) is 36.3. The Balaban J connectivity index is 3.79. The lowest BCUT2D eigenvalue weighted by atomic mass is 10.0. The Bertz CT molecular complexity index is 717. The minimum atomic E-state index is -3.92. The van der Waals surface area contributed by atoms with Crippen LogP contribution in [-0.4, -0.2) is 40.8 Å². The SMILES string of the molecule is CCCCCCCCCCCCCCCCCC(=O)NCC(CNC(=O)CCCCCCCCCCCCCCCCC)OP(O)(O)=S. The lowest BCUT2D eigenvalue weighted by molar-refractivity contribution is -0.121. The Morgan fingerprint density at radius 3 is 0.938 bits per heavy atom. The van der Waals surface area contributed by atoms with Crippen molar-refractivity contribution in [3.8, 4) is 0 Å². The van der Waals surface area contributed by atoms with E-state index in [2.05, 4.69) is 36.3 Å². The van der Waals surface area contributed by atoms with E-state index in [9.17, 15) is 19.4 Å². The summed E-state index contributed by atoms with van der Waals surface area (Å²) in [5.41, 5.74) is 0. The number of hydrogen-bond acceptors (Lipinski definition) is 4. The van der Waals surface area contributed by atoms with Crippen molar-refractivity contribution in [1.82, 2.24) is 10.6 Å². The van der Waals surface area contributed by atoms with Gasteiger partial charge >= 0.3 is 6.72 Å². The summed E-state index contributed by atoms with van der Waals surface area (Å²) in [6.45, 7) is 0.772. The molecular formula is C39H79N2O5PS. The highest BCUT2D eigenvalue weighted by Crippen LogP contribution is 2.37. The van der Waals surface area contributed by atoms with Crippen molar-refractivity contribution in [2.24, 2.45) is 0 Å². The van der Waals surface area contributed by atoms with Crippen LogP contribution in [0.1, 0.15) is 219 Å². The lowest BCUT2D eigenvalue weighted by Crippen LogP contribution is -2.41. The molecule has 0 spiro atoms. The predicted octanol–water partition coefficient (Wildman–Crippen LogP) is 11.3. The molecule has 0 saturated heterocycles. The zero-order valence-electron chi connectivity index (χ0n) is 31.6. The topological polar surface area (TPSA) is 108 Å². The van der Waals surface area contributed by atoms with Crippen LogP contribution in [0.5, 0.6) is 0 Å². The molecule has 0 aromatic heterocycles. The van der Waals surface area contributed by atoms with Gasteiger partial charge in [-0.2, -0.15) is 0 Å². The number of unbranched alkanes of at least 4 members (excludes halogenated alkanes) is 28. The van der Waals surface area contributed by atoms with E-state index < -0.39 is 12.8 Å². The molecule has 0 aliphatic rings. The van der Waals surface area contributed by atoms with Gasteiger partial charge in [0.15, 0.2) is 0 Å². The van der Waals surface area contributed by atoms with Gasteiger partial charge in [-0.3, -0.25) is 9.59 Å². The van der Waals surface area contributed by atoms with E-state index >= 15 is 0 Å². The number of nitrogens with one attached hydrogen (secondary N) is 2. The van der Waals surface area contributed by atoms with Crippen molar-refractivity contribution in [2.45, 2.75) is 225 Å². The third kappa shape index (κ3) is 38.3. The molecule has 286 valence electrons. The zero-order chi connectivity index (χ0) is 35.4. The minimum absolute atomic E-state index is 0.0797. The first kappa shape index (κ1) is 47.5. The third-order valence-electron chi connectivity index (χ3n) is 9.35. The predicted molar refractivity (Wildman–Crippen MR) is 209 cm³/mol. The Kier molecular flexibility index (Phi) is 35.9. The van der Waals surface area contributed by atoms with Gasteiger partial charge in [-0.1, -0.05) is 194 Å². The van der Waals surface area contributed by atoms with Gasteiger partial charge in [0.1, 0.15) is 6.10 Å². The average Bonchev–Trinajstić information content (AvgIpc) is 3.05. The molecule has 4 N–H and O–H groups in total. The second-order valence-corrected chi connectivity index (χ2v) is 16.8. The summed E-state index contributed by atoms with van der Waals surface area (Å²) < 4.78 is 5.21. The largest absolute Gasteiger partial charge is 0.353 e. The first-order valence-corrected chi connectivity index (χ1v) is 23.2. The highest BCUT2D eigenvalue weighted by atomic mass is 32.5. The maximum absolute atomic E-state index is 12.4. The normalized spacial score (nSPS) is 11.8. The second-order valence-electron chi connectivity index (χ2n) is 14.2. The molecular weight excluding hydrogens is 639 g/mol. The van der Waals surface area contributed by atoms with Gasteiger partial charge in [0.25, 0.3) is 0 Å². The molecule has 9 heteroatoms. The fourth-order valence-corrected chi connectivity index (χ4v) is 7.19. The summed E-state index contributed by atoms with van der Waals surface area (Å²) in [4.78, 5) is 44.0. The summed E-state index contributed by atoms with van der Waals surface area (Å²) in [7, 11) is 0. The highest BCUT2D eigenvalue weighted by molar-refractivity contribution is 8.06. The van der Waals surface area contributed by atoms with Gasteiger partial charge in [-0.25, -0.2) is 0 Å². The maximum atomic E-state index is 12.4. The van der Waals surface area contributed by atoms with E-state index in [1.54, 1.807) is 0 Å². The molecule has 0 fully saturated rings. The number of rotatable bonds is 38. The molecule has 0 aromatic rings. The molecule has 0 saturated carbocycles. The van der Waals surface area contributed by atoms with E-state index in [4.69, 9.17) is 4.52 Å². The molecule has 0 atom stereocenters. The van der Waals surface area contributed by atoms with Crippen molar-refractivity contribution in [2.75, 3.05) is 13.1 Å². The van der Waals surface area contributed by atoms with Gasteiger partial charge in [0.2, 0.25) is 11.8 Å². The van der Waals surface area contributed by atoms with E-state index in [0.29, 0.717) is 12.8 Å². The molecule has 0 aliphatic heterocycles. The van der Waals surface area contributed by atoms with Gasteiger partial charge in [-0.05, 0) is 24.6 Å². The minimum Gasteiger partial charge on any atom is -0.353 e. The molecule has 48 heavy (non-hydrogen) atoms. The van der Waals surface area contributed by atoms with Crippen LogP contribution in [0.25, 0.3) is 0 Å². The first-order chi connectivity index (χ1) is 23.3. The molecule has 0 bridgehead atoms. The summed E-state index contributed by atoms with van der Waals surface area (Å²) in [5, 5.41) is 5.63. The quantitative estimate of drug-likeness (QED) is 0.0374. The Hall–Kier alpha value is -0.530. The van der Waals surface area contributed by atoms with E-state index in [0.717, 1.165) is 38.5 Å². The smallest absolute Gasteiger partial charge is 0.322 e. The van der Waals surface area contributed by atoms with Crippen LogP contribution in [0.3, 0.4) is 0 Å². The number of amides is 2. The molecule has 0 aromatic carbocycles. The van der Waals surface area contributed by atoms with Crippen LogP contribution < -0.4 is 10.6 Å². The monoisotopic (exact) mass is 719 g/mol. The van der Waals surface area contributed by atoms with E-state index in [-0.39, 0.29) is 24.9 Å². The van der Waals surface area contributed by atoms with Gasteiger partial charge < -0.3 is 24.9 Å². The van der Waals surface area contributed by atoms with Crippen LogP contribution >= 0.6 is 6.72 Å². The van der Waals surface area contributed by atoms with E-state index in [1.165, 1.54) is 154 Å². The lowest BCUT2D eigenvalue weighted by Gasteiger charge is -2.21. The van der Waals surface area contributed by atoms with Crippen molar-refractivity contribution >= 4 is 30.3 Å². The average molecular weight is 719 g/mol. The first-order valence-electron chi connectivity index (χ1n) is 20.6. The van der Waals surface area contributed by atoms with Crippen molar-refractivity contribution < 1.29 is 23.9 Å². The molecule has 0 unspecified atom stereocenters. The number of carbonyl (C=O) groups is 2. The molecule has 0 aliphatic carbocycles. The zero-order valence-corrected chi connectivity index (χ0v) is 33.3. The van der Waals surface area contributed by atoms with Crippen LogP contribution in [0.2, 0.25) is 0 Å². The summed E-state index contributed by atoms with van der Waals surface area (Å²) >= 11 is 4.64. The van der Waals surface area contributed by atoms with Crippen molar-refractivity contribution in [3.05, 3.63) is 0 Å². The van der Waals surface area contributed by atoms with Gasteiger partial charge in [0.05, 0.1) is 0 Å². The summed E-state index contributed by atoms with van der Waals surface area (Å²) in [6, 6.07) is 0. The number of carbonyl (C=O) groups excluding carboxylic acids is 2. The van der Waals surface area contributed by atoms with Crippen LogP contribution in [0.15, 0.2) is 0 Å². The summed E-state index contributed by atoms with van der Waals surface area (Å²) in [6.07, 6.45) is 38.5. The standard InChI is InChI=1S/C39H79N2O5PS/c1-3-5-7-9-11-13-15-17-19-21-23-25-27-29-31-33-38(42)40-35-37(46-47(44,45)48)36-41-39(43)34-32-30-28-26-24-22-20-18-16-14-12-10-8-6-4-2/h37H,3-36H2,1-2H3,(H,40,42)(H,41,43)(H2,44,45,48). The van der Waals surface area contributed by atoms with Crippen LogP contribution in [0, 0.1) is 0 Å². The highest BCUT2D eigenvalue weighted by Gasteiger charge is 2.20. The molecule has 0 heterocycles. The molecule has 2 amide bonds. The van der Waals surface area contributed by atoms with Crippen molar-refractivity contribution in [1.29, 1.82) is 0 Å². The Morgan fingerprint density at radius 1 is 0.479 bits per heavy atom. The van der Waals surface area contributed by atoms with Crippen LogP contribution in [-0.2, 0) is 25.9 Å². The fourth-order valence-electron chi connectivity index (χ4n) is 6.29. The van der Waals surface area contributed by atoms with E-state index in [1.807, 2.05) is 0 Å². The fraction of sp³-hybridized carbons (Fsp3) is 0.949. The molecule has 0 rings (SSSR count). The Labute approximate surface area is 302 Å². The molecule has 0 radical (unpaired) electrons.